The smallest absolute Gasteiger partial charge is 0.00706 e. The van der Waals surface area contributed by atoms with Crippen LogP contribution in [-0.4, -0.2) is 0 Å². The fourth-order valence-corrected chi connectivity index (χ4v) is 3.83. The lowest BCUT2D eigenvalue weighted by Crippen LogP contribution is -2.20. The van der Waals surface area contributed by atoms with Crippen LogP contribution in [0.5, 0.6) is 0 Å². The van der Waals surface area contributed by atoms with Crippen molar-refractivity contribution in [2.24, 2.45) is 17.3 Å². The van der Waals surface area contributed by atoms with Crippen LogP contribution in [0, 0.1) is 17.3 Å². The summed E-state index contributed by atoms with van der Waals surface area (Å²) in [5, 5.41) is 0. The van der Waals surface area contributed by atoms with E-state index in [2.05, 4.69) is 50.3 Å². The van der Waals surface area contributed by atoms with Gasteiger partial charge in [-0.2, -0.15) is 0 Å². The Labute approximate surface area is 98.4 Å². The highest BCUT2D eigenvalue weighted by atomic mass is 14.5. The molecule has 0 aromatic rings. The maximum absolute atomic E-state index is 2.44. The van der Waals surface area contributed by atoms with Gasteiger partial charge in [0.1, 0.15) is 0 Å². The number of hydrogen-bond donors (Lipinski definition) is 0. The van der Waals surface area contributed by atoms with Gasteiger partial charge >= 0.3 is 0 Å². The van der Waals surface area contributed by atoms with Crippen LogP contribution in [0.1, 0.15) is 33.1 Å². The van der Waals surface area contributed by atoms with E-state index < -0.39 is 0 Å². The highest BCUT2D eigenvalue weighted by Crippen LogP contribution is 2.55. The largest absolute Gasteiger partial charge is 0.0839 e. The predicted octanol–water partition coefficient (Wildman–Crippen LogP) is 4.42. The molecule has 2 atom stereocenters. The molecule has 1 saturated carbocycles. The maximum Gasteiger partial charge on any atom is 0.00706 e. The summed E-state index contributed by atoms with van der Waals surface area (Å²) >= 11 is 0. The minimum Gasteiger partial charge on any atom is -0.0839 e. The lowest BCUT2D eigenvalue weighted by molar-refractivity contribution is 0.300. The van der Waals surface area contributed by atoms with E-state index in [4.69, 9.17) is 0 Å². The molecule has 0 N–H and O–H groups in total. The van der Waals surface area contributed by atoms with Crippen molar-refractivity contribution in [3.63, 3.8) is 0 Å². The standard InChI is InChI=1S/C16H20/c1-16(2)11-13-9-5-6-10-14(13)15(16)12-7-3-4-8-12/h3-7,10,13,15H,8-9,11H2,1-2H3. The van der Waals surface area contributed by atoms with Crippen LogP contribution in [0.25, 0.3) is 0 Å². The van der Waals surface area contributed by atoms with Crippen molar-refractivity contribution >= 4 is 0 Å². The molecule has 0 spiro atoms. The Hall–Kier alpha value is -1.04. The molecule has 0 saturated heterocycles. The topological polar surface area (TPSA) is 0 Å². The zero-order chi connectivity index (χ0) is 11.2. The first kappa shape index (κ1) is 10.1. The van der Waals surface area contributed by atoms with E-state index in [-0.39, 0.29) is 0 Å². The lowest BCUT2D eigenvalue weighted by atomic mass is 9.75. The first-order valence-corrected chi connectivity index (χ1v) is 6.41. The molecule has 16 heavy (non-hydrogen) atoms. The van der Waals surface area contributed by atoms with E-state index in [1.54, 1.807) is 11.1 Å². The second-order valence-electron chi connectivity index (χ2n) is 6.03. The molecule has 2 unspecified atom stereocenters. The molecule has 0 bridgehead atoms. The van der Waals surface area contributed by atoms with Gasteiger partial charge in [0.2, 0.25) is 0 Å². The third kappa shape index (κ3) is 1.43. The van der Waals surface area contributed by atoms with Crippen molar-refractivity contribution in [1.29, 1.82) is 0 Å². The summed E-state index contributed by atoms with van der Waals surface area (Å²) in [7, 11) is 0. The summed E-state index contributed by atoms with van der Waals surface area (Å²) in [6.45, 7) is 4.88. The third-order valence-corrected chi connectivity index (χ3v) is 4.37. The molecule has 3 aliphatic carbocycles. The fourth-order valence-electron chi connectivity index (χ4n) is 3.83. The van der Waals surface area contributed by atoms with Crippen molar-refractivity contribution in [2.45, 2.75) is 33.1 Å². The fraction of sp³-hybridized carbons (Fsp3) is 0.500. The molecular weight excluding hydrogens is 192 g/mol. The monoisotopic (exact) mass is 212 g/mol. The van der Waals surface area contributed by atoms with Crippen molar-refractivity contribution in [2.75, 3.05) is 0 Å². The Morgan fingerprint density at radius 2 is 1.94 bits per heavy atom. The van der Waals surface area contributed by atoms with Crippen LogP contribution in [0.15, 0.2) is 47.6 Å². The Balaban J connectivity index is 1.99. The van der Waals surface area contributed by atoms with E-state index in [1.165, 1.54) is 19.3 Å². The molecule has 0 heteroatoms. The van der Waals surface area contributed by atoms with Gasteiger partial charge in [-0.25, -0.2) is 0 Å². The highest BCUT2D eigenvalue weighted by molar-refractivity contribution is 5.39. The van der Waals surface area contributed by atoms with Crippen LogP contribution in [-0.2, 0) is 0 Å². The molecule has 0 radical (unpaired) electrons. The zero-order valence-corrected chi connectivity index (χ0v) is 10.2. The maximum atomic E-state index is 2.44. The van der Waals surface area contributed by atoms with Crippen LogP contribution >= 0.6 is 0 Å². The second kappa shape index (κ2) is 3.48. The van der Waals surface area contributed by atoms with Gasteiger partial charge < -0.3 is 0 Å². The lowest BCUT2D eigenvalue weighted by Gasteiger charge is -2.29. The summed E-state index contributed by atoms with van der Waals surface area (Å²) in [6.07, 6.45) is 17.6. The normalized spacial score (nSPS) is 34.9. The van der Waals surface area contributed by atoms with E-state index >= 15 is 0 Å². The Morgan fingerprint density at radius 3 is 2.69 bits per heavy atom. The highest BCUT2D eigenvalue weighted by Gasteiger charge is 2.45. The van der Waals surface area contributed by atoms with Crippen molar-refractivity contribution in [1.82, 2.24) is 0 Å². The summed E-state index contributed by atoms with van der Waals surface area (Å²) in [6, 6.07) is 0. The van der Waals surface area contributed by atoms with E-state index in [0.29, 0.717) is 11.3 Å². The van der Waals surface area contributed by atoms with Gasteiger partial charge in [0.25, 0.3) is 0 Å². The summed E-state index contributed by atoms with van der Waals surface area (Å²) in [5.74, 6) is 1.50. The average Bonchev–Trinajstić information content (AvgIpc) is 2.80. The quantitative estimate of drug-likeness (QED) is 0.603. The van der Waals surface area contributed by atoms with E-state index in [0.717, 1.165) is 5.92 Å². The second-order valence-corrected chi connectivity index (χ2v) is 6.03. The number of fused-ring (bicyclic) bond motifs is 1. The Morgan fingerprint density at radius 1 is 1.12 bits per heavy atom. The molecule has 0 heterocycles. The number of rotatable bonds is 1. The van der Waals surface area contributed by atoms with Gasteiger partial charge in [0.15, 0.2) is 0 Å². The Kier molecular flexibility index (Phi) is 2.20. The molecule has 0 aromatic carbocycles. The van der Waals surface area contributed by atoms with Gasteiger partial charge in [-0.3, -0.25) is 0 Å². The van der Waals surface area contributed by atoms with Gasteiger partial charge in [-0.1, -0.05) is 61.4 Å². The number of allylic oxidation sites excluding steroid dienone is 8. The summed E-state index contributed by atoms with van der Waals surface area (Å²) in [4.78, 5) is 0. The minimum atomic E-state index is 0.445. The number of hydrogen-bond acceptors (Lipinski definition) is 0. The molecule has 0 aliphatic heterocycles. The van der Waals surface area contributed by atoms with E-state index in [1.807, 2.05) is 0 Å². The summed E-state index contributed by atoms with van der Waals surface area (Å²) in [5.41, 5.74) is 3.77. The molecule has 0 nitrogen and oxygen atoms in total. The molecular formula is C16H20. The first-order chi connectivity index (χ1) is 7.68. The minimum absolute atomic E-state index is 0.445. The molecule has 84 valence electrons. The zero-order valence-electron chi connectivity index (χ0n) is 10.2. The van der Waals surface area contributed by atoms with Crippen LogP contribution in [0.3, 0.4) is 0 Å². The molecule has 3 rings (SSSR count). The van der Waals surface area contributed by atoms with Gasteiger partial charge in [0, 0.05) is 5.92 Å². The van der Waals surface area contributed by atoms with Crippen LogP contribution < -0.4 is 0 Å². The third-order valence-electron chi connectivity index (χ3n) is 4.37. The van der Waals surface area contributed by atoms with Crippen molar-refractivity contribution in [3.8, 4) is 0 Å². The van der Waals surface area contributed by atoms with Gasteiger partial charge in [0.05, 0.1) is 0 Å². The summed E-state index contributed by atoms with van der Waals surface area (Å²) < 4.78 is 0. The Bertz CT molecular complexity index is 415. The predicted molar refractivity (Wildman–Crippen MR) is 69.1 cm³/mol. The SMILES string of the molecule is CC1(C)CC2CC=CC=C2C1C1=CC=CC1. The van der Waals surface area contributed by atoms with E-state index in [9.17, 15) is 0 Å². The van der Waals surface area contributed by atoms with Crippen molar-refractivity contribution < 1.29 is 0 Å². The van der Waals surface area contributed by atoms with Crippen LogP contribution in [0.2, 0.25) is 0 Å². The van der Waals surface area contributed by atoms with Crippen molar-refractivity contribution in [3.05, 3.63) is 47.6 Å². The van der Waals surface area contributed by atoms with Gasteiger partial charge in [-0.15, -0.1) is 0 Å². The van der Waals surface area contributed by atoms with Gasteiger partial charge in [-0.05, 0) is 30.6 Å². The first-order valence-electron chi connectivity index (χ1n) is 6.41. The van der Waals surface area contributed by atoms with Crippen LogP contribution in [0.4, 0.5) is 0 Å². The molecule has 0 aromatic heterocycles. The molecule has 0 amide bonds. The molecule has 1 fully saturated rings. The average molecular weight is 212 g/mol. The molecule has 3 aliphatic rings.